The van der Waals surface area contributed by atoms with Crippen LogP contribution < -0.4 is 0 Å². The summed E-state index contributed by atoms with van der Waals surface area (Å²) in [6.45, 7) is 14.0. The van der Waals surface area contributed by atoms with Crippen molar-refractivity contribution in [2.75, 3.05) is 39.6 Å². The van der Waals surface area contributed by atoms with Crippen LogP contribution in [0.1, 0.15) is 357 Å². The van der Waals surface area contributed by atoms with Crippen molar-refractivity contribution in [1.82, 2.24) is 0 Å². The maximum absolute atomic E-state index is 13.0. The van der Waals surface area contributed by atoms with Crippen LogP contribution >= 0.6 is 15.6 Å². The molecular formula is C72H140O17P2. The quantitative estimate of drug-likeness (QED) is 0.0222. The molecule has 0 amide bonds. The first-order valence-corrected chi connectivity index (χ1v) is 40.2. The van der Waals surface area contributed by atoms with Gasteiger partial charge in [0.1, 0.15) is 19.3 Å². The number of aliphatic hydroxyl groups excluding tert-OH is 1. The molecule has 0 spiro atoms. The molecule has 0 saturated carbocycles. The van der Waals surface area contributed by atoms with E-state index >= 15 is 0 Å². The number of ether oxygens (including phenoxy) is 4. The number of hydrogen-bond acceptors (Lipinski definition) is 15. The van der Waals surface area contributed by atoms with Crippen molar-refractivity contribution >= 4 is 39.5 Å². The summed E-state index contributed by atoms with van der Waals surface area (Å²) in [7, 11) is -9.90. The summed E-state index contributed by atoms with van der Waals surface area (Å²) in [6, 6.07) is 0. The molecule has 0 aromatic rings. The molecule has 6 atom stereocenters. The smallest absolute Gasteiger partial charge is 0.462 e. The van der Waals surface area contributed by atoms with Crippen molar-refractivity contribution in [3.63, 3.8) is 0 Å². The van der Waals surface area contributed by atoms with Crippen LogP contribution in [0.5, 0.6) is 0 Å². The average molecular weight is 1340 g/mol. The van der Waals surface area contributed by atoms with E-state index in [1.165, 1.54) is 148 Å². The molecule has 0 aromatic carbocycles. The van der Waals surface area contributed by atoms with E-state index in [1.54, 1.807) is 0 Å². The van der Waals surface area contributed by atoms with Crippen molar-refractivity contribution in [2.45, 2.75) is 375 Å². The zero-order valence-electron chi connectivity index (χ0n) is 59.5. The summed E-state index contributed by atoms with van der Waals surface area (Å²) >= 11 is 0. The van der Waals surface area contributed by atoms with Crippen LogP contribution in [0.15, 0.2) is 0 Å². The van der Waals surface area contributed by atoms with Crippen molar-refractivity contribution in [2.24, 2.45) is 23.7 Å². The normalized spacial score (nSPS) is 14.5. The summed E-state index contributed by atoms with van der Waals surface area (Å²) in [5.74, 6) is 0.816. The molecule has 0 aliphatic carbocycles. The maximum Gasteiger partial charge on any atom is 0.472 e. The number of esters is 4. The van der Waals surface area contributed by atoms with E-state index in [0.717, 1.165) is 120 Å². The van der Waals surface area contributed by atoms with Crippen LogP contribution in [0, 0.1) is 23.7 Å². The number of carbonyl (C=O) groups excluding carboxylic acids is 4. The molecule has 0 fully saturated rings. The van der Waals surface area contributed by atoms with Gasteiger partial charge in [-0.05, 0) is 49.4 Å². The van der Waals surface area contributed by atoms with Gasteiger partial charge in [-0.25, -0.2) is 9.13 Å². The van der Waals surface area contributed by atoms with E-state index in [0.29, 0.717) is 31.6 Å². The third kappa shape index (κ3) is 65.1. The molecular weight excluding hydrogens is 1200 g/mol. The summed E-state index contributed by atoms with van der Waals surface area (Å²) < 4.78 is 68.2. The van der Waals surface area contributed by atoms with Gasteiger partial charge in [0.15, 0.2) is 12.2 Å². The van der Waals surface area contributed by atoms with Crippen molar-refractivity contribution < 1.29 is 80.2 Å². The lowest BCUT2D eigenvalue weighted by atomic mass is 10.00. The summed E-state index contributed by atoms with van der Waals surface area (Å²) in [5.41, 5.74) is 0. The van der Waals surface area contributed by atoms with Crippen molar-refractivity contribution in [3.05, 3.63) is 0 Å². The van der Waals surface area contributed by atoms with Crippen LogP contribution in [0.2, 0.25) is 0 Å². The maximum atomic E-state index is 13.0. The zero-order chi connectivity index (χ0) is 67.5. The van der Waals surface area contributed by atoms with Gasteiger partial charge in [0, 0.05) is 25.7 Å². The van der Waals surface area contributed by atoms with E-state index < -0.39 is 97.5 Å². The zero-order valence-corrected chi connectivity index (χ0v) is 61.3. The highest BCUT2D eigenvalue weighted by molar-refractivity contribution is 7.47. The number of phosphoric acid groups is 2. The predicted molar refractivity (Wildman–Crippen MR) is 367 cm³/mol. The first-order chi connectivity index (χ1) is 43.6. The second-order valence-corrected chi connectivity index (χ2v) is 30.6. The SMILES string of the molecule is CCC(C)CCCCCCCCC(=O)OC[C@H](COP(=O)(O)OC[C@H](O)COP(=O)(O)OC[C@@H](COC(=O)CCCCCCCCC(C)C)OC(=O)CCCCCCCCCCCCCCCCCCCCC(C)C)OC(=O)CCCCCCCCCCC(C)C. The fourth-order valence-electron chi connectivity index (χ4n) is 10.8. The highest BCUT2D eigenvalue weighted by Gasteiger charge is 2.30. The lowest BCUT2D eigenvalue weighted by molar-refractivity contribution is -0.161. The monoisotopic (exact) mass is 1340 g/mol. The first kappa shape index (κ1) is 89.1. The largest absolute Gasteiger partial charge is 0.472 e. The lowest BCUT2D eigenvalue weighted by Crippen LogP contribution is -2.30. The van der Waals surface area contributed by atoms with Crippen LogP contribution in [-0.2, 0) is 65.4 Å². The molecule has 0 saturated heterocycles. The third-order valence-corrected chi connectivity index (χ3v) is 18.8. The Morgan fingerprint density at radius 1 is 0.308 bits per heavy atom. The summed E-state index contributed by atoms with van der Waals surface area (Å²) in [4.78, 5) is 72.5. The number of hydrogen-bond donors (Lipinski definition) is 3. The van der Waals surface area contributed by atoms with E-state index in [4.69, 9.17) is 37.0 Å². The van der Waals surface area contributed by atoms with Gasteiger partial charge in [-0.15, -0.1) is 0 Å². The summed E-state index contributed by atoms with van der Waals surface area (Å²) in [6.07, 6.45) is 44.8. The van der Waals surface area contributed by atoms with E-state index in [9.17, 15) is 43.2 Å². The Bertz CT molecular complexity index is 1800. The van der Waals surface area contributed by atoms with Crippen LogP contribution in [0.3, 0.4) is 0 Å². The van der Waals surface area contributed by atoms with Crippen LogP contribution in [0.25, 0.3) is 0 Å². The van der Waals surface area contributed by atoms with Gasteiger partial charge in [0.05, 0.1) is 26.4 Å². The Kier molecular flexibility index (Phi) is 60.3. The Labute approximate surface area is 556 Å². The standard InChI is InChI=1S/C72H140O17P2/c1-9-65(8)51-43-35-29-31-37-45-53-70(75)83-59-68(89-72(77)55-47-39-27-23-22-25-33-41-49-63(4)5)61-87-91(80,81)85-57-66(73)56-84-90(78,79)86-60-67(58-82-69(74)52-44-36-30-28-34-42-50-64(6)7)88-71(76)54-46-38-26-21-19-17-15-13-11-10-12-14-16-18-20-24-32-40-48-62(2)3/h62-68,73H,9-61H2,1-8H3,(H,78,79)(H,80,81)/t65?,66-,67-,68-/m1/s1. The van der Waals surface area contributed by atoms with E-state index in [2.05, 4.69) is 55.4 Å². The van der Waals surface area contributed by atoms with Gasteiger partial charge >= 0.3 is 39.5 Å². The van der Waals surface area contributed by atoms with Crippen LogP contribution in [-0.4, -0.2) is 96.7 Å². The fourth-order valence-corrected chi connectivity index (χ4v) is 12.4. The van der Waals surface area contributed by atoms with Gasteiger partial charge in [-0.1, -0.05) is 306 Å². The van der Waals surface area contributed by atoms with Crippen molar-refractivity contribution in [3.8, 4) is 0 Å². The molecule has 0 aliphatic rings. The molecule has 0 aliphatic heterocycles. The molecule has 0 radical (unpaired) electrons. The topological polar surface area (TPSA) is 237 Å². The Morgan fingerprint density at radius 3 is 0.780 bits per heavy atom. The number of aliphatic hydroxyl groups is 1. The molecule has 19 heteroatoms. The van der Waals surface area contributed by atoms with Gasteiger partial charge in [-0.3, -0.25) is 37.3 Å². The van der Waals surface area contributed by atoms with Gasteiger partial charge < -0.3 is 33.8 Å². The molecule has 0 aromatic heterocycles. The molecule has 17 nitrogen and oxygen atoms in total. The predicted octanol–water partition coefficient (Wildman–Crippen LogP) is 20.5. The highest BCUT2D eigenvalue weighted by Crippen LogP contribution is 2.45. The van der Waals surface area contributed by atoms with Gasteiger partial charge in [0.25, 0.3) is 0 Å². The molecule has 91 heavy (non-hydrogen) atoms. The number of phosphoric ester groups is 2. The molecule has 0 bridgehead atoms. The highest BCUT2D eigenvalue weighted by atomic mass is 31.2. The fraction of sp³-hybridized carbons (Fsp3) is 0.944. The van der Waals surface area contributed by atoms with E-state index in [-0.39, 0.29) is 25.7 Å². The Hall–Kier alpha value is -1.94. The van der Waals surface area contributed by atoms with Gasteiger partial charge in [0.2, 0.25) is 0 Å². The lowest BCUT2D eigenvalue weighted by Gasteiger charge is -2.21. The minimum absolute atomic E-state index is 0.103. The molecule has 3 unspecified atom stereocenters. The third-order valence-electron chi connectivity index (χ3n) is 16.9. The second kappa shape index (κ2) is 61.6. The molecule has 0 rings (SSSR count). The van der Waals surface area contributed by atoms with Crippen molar-refractivity contribution in [1.29, 1.82) is 0 Å². The Morgan fingerprint density at radius 2 is 0.527 bits per heavy atom. The second-order valence-electron chi connectivity index (χ2n) is 27.6. The minimum Gasteiger partial charge on any atom is -0.462 e. The molecule has 540 valence electrons. The van der Waals surface area contributed by atoms with E-state index in [1.807, 2.05) is 0 Å². The number of carbonyl (C=O) groups is 4. The molecule has 0 heterocycles. The average Bonchev–Trinajstić information content (AvgIpc) is 3.60. The van der Waals surface area contributed by atoms with Crippen LogP contribution in [0.4, 0.5) is 0 Å². The molecule has 3 N–H and O–H groups in total. The summed E-state index contributed by atoms with van der Waals surface area (Å²) in [5, 5.41) is 10.6. The minimum atomic E-state index is -4.95. The number of unbranched alkanes of at least 4 members (excludes halogenated alkanes) is 34. The van der Waals surface area contributed by atoms with Gasteiger partial charge in [-0.2, -0.15) is 0 Å². The Balaban J connectivity index is 5.15. The first-order valence-electron chi connectivity index (χ1n) is 37.2. The number of rotatable bonds is 69.